The molecule has 0 radical (unpaired) electrons. The summed E-state index contributed by atoms with van der Waals surface area (Å²) in [6, 6.07) is 11.0. The average Bonchev–Trinajstić information content (AvgIpc) is 3.17. The Bertz CT molecular complexity index is 1260. The Morgan fingerprint density at radius 1 is 1.23 bits per heavy atom. The highest BCUT2D eigenvalue weighted by molar-refractivity contribution is 5.94. The predicted octanol–water partition coefficient (Wildman–Crippen LogP) is 2.47. The smallest absolute Gasteiger partial charge is 0.259 e. The third kappa shape index (κ3) is 4.07. The third-order valence-electron chi connectivity index (χ3n) is 4.93. The van der Waals surface area contributed by atoms with Gasteiger partial charge < -0.3 is 16.0 Å². The Balaban J connectivity index is 1.52. The maximum absolute atomic E-state index is 12.4. The number of rotatable bonds is 7. The van der Waals surface area contributed by atoms with Crippen molar-refractivity contribution in [3.63, 3.8) is 0 Å². The summed E-state index contributed by atoms with van der Waals surface area (Å²) in [7, 11) is 1.85. The molecule has 0 saturated heterocycles. The average molecular weight is 402 g/mol. The van der Waals surface area contributed by atoms with E-state index in [1.165, 1.54) is 0 Å². The van der Waals surface area contributed by atoms with E-state index in [0.717, 1.165) is 35.0 Å². The summed E-state index contributed by atoms with van der Waals surface area (Å²) in [4.78, 5) is 31.0. The molecule has 0 bridgehead atoms. The van der Waals surface area contributed by atoms with Crippen molar-refractivity contribution in [2.24, 2.45) is 12.8 Å². The van der Waals surface area contributed by atoms with Crippen LogP contribution in [0.3, 0.4) is 0 Å². The summed E-state index contributed by atoms with van der Waals surface area (Å²) < 4.78 is 1.72. The van der Waals surface area contributed by atoms with Gasteiger partial charge in [-0.3, -0.25) is 14.3 Å². The number of nitrogens with one attached hydrogen (secondary N) is 2. The van der Waals surface area contributed by atoms with Crippen molar-refractivity contribution in [1.82, 2.24) is 19.7 Å². The second-order valence-electron chi connectivity index (χ2n) is 7.12. The summed E-state index contributed by atoms with van der Waals surface area (Å²) in [5.41, 5.74) is 8.35. The van der Waals surface area contributed by atoms with Crippen LogP contribution in [0, 0.1) is 0 Å². The molecule has 30 heavy (non-hydrogen) atoms. The molecule has 4 aromatic rings. The number of carbonyl (C=O) groups is 1. The minimum atomic E-state index is -0.431. The summed E-state index contributed by atoms with van der Waals surface area (Å²) in [6.45, 7) is 0.643. The number of pyridine rings is 2. The molecule has 0 fully saturated rings. The van der Waals surface area contributed by atoms with Gasteiger partial charge in [0, 0.05) is 37.1 Å². The number of aromatic nitrogens is 4. The van der Waals surface area contributed by atoms with Crippen molar-refractivity contribution in [3.8, 4) is 11.3 Å². The predicted molar refractivity (Wildman–Crippen MR) is 116 cm³/mol. The molecule has 4 rings (SSSR count). The molecule has 8 nitrogen and oxygen atoms in total. The third-order valence-corrected chi connectivity index (χ3v) is 4.93. The first-order chi connectivity index (χ1) is 14.5. The van der Waals surface area contributed by atoms with E-state index in [1.807, 2.05) is 37.5 Å². The molecule has 1 amide bonds. The number of fused-ring (bicyclic) bond motifs is 1. The van der Waals surface area contributed by atoms with Crippen LogP contribution in [-0.2, 0) is 13.5 Å². The first kappa shape index (κ1) is 19.4. The molecule has 3 heterocycles. The number of benzene rings is 1. The number of hydrogen-bond donors (Lipinski definition) is 3. The van der Waals surface area contributed by atoms with Gasteiger partial charge in [0.15, 0.2) is 0 Å². The Labute approximate surface area is 172 Å². The fourth-order valence-corrected chi connectivity index (χ4v) is 3.38. The lowest BCUT2D eigenvalue weighted by atomic mass is 10.1. The summed E-state index contributed by atoms with van der Waals surface area (Å²) in [5.74, 6) is 0.122. The van der Waals surface area contributed by atoms with E-state index in [1.54, 1.807) is 29.2 Å². The molecule has 0 unspecified atom stereocenters. The number of nitrogens with zero attached hydrogens (tertiary/aromatic N) is 3. The zero-order chi connectivity index (χ0) is 21.1. The second-order valence-corrected chi connectivity index (χ2v) is 7.12. The van der Waals surface area contributed by atoms with Crippen LogP contribution in [0.1, 0.15) is 22.3 Å². The van der Waals surface area contributed by atoms with E-state index in [2.05, 4.69) is 20.4 Å². The molecule has 0 aliphatic heterocycles. The highest BCUT2D eigenvalue weighted by Crippen LogP contribution is 2.25. The van der Waals surface area contributed by atoms with Crippen molar-refractivity contribution < 1.29 is 4.79 Å². The van der Waals surface area contributed by atoms with Gasteiger partial charge in [-0.05, 0) is 48.1 Å². The van der Waals surface area contributed by atoms with Crippen LogP contribution in [-0.4, -0.2) is 32.2 Å². The van der Waals surface area contributed by atoms with Crippen molar-refractivity contribution in [2.45, 2.75) is 12.8 Å². The number of aryl methyl sites for hydroxylation is 2. The Kier molecular flexibility index (Phi) is 5.30. The monoisotopic (exact) mass is 402 g/mol. The number of nitrogens with two attached hydrogens (primary N) is 1. The summed E-state index contributed by atoms with van der Waals surface area (Å²) in [6.07, 6.45) is 6.93. The molecule has 0 aliphatic rings. The molecule has 0 spiro atoms. The molecule has 0 atom stereocenters. The highest BCUT2D eigenvalue weighted by atomic mass is 16.1. The second kappa shape index (κ2) is 8.20. The molecule has 8 heteroatoms. The topological polar surface area (TPSA) is 119 Å². The largest absolute Gasteiger partial charge is 0.369 e. The van der Waals surface area contributed by atoms with Crippen LogP contribution in [0.15, 0.2) is 59.8 Å². The van der Waals surface area contributed by atoms with E-state index >= 15 is 0 Å². The van der Waals surface area contributed by atoms with E-state index in [-0.39, 0.29) is 5.56 Å². The maximum atomic E-state index is 12.4. The van der Waals surface area contributed by atoms with E-state index in [0.29, 0.717) is 23.3 Å². The van der Waals surface area contributed by atoms with Gasteiger partial charge in [0.1, 0.15) is 5.82 Å². The van der Waals surface area contributed by atoms with Crippen LogP contribution < -0.4 is 16.6 Å². The molecule has 0 aliphatic carbocycles. The Hall–Kier alpha value is -3.94. The minimum absolute atomic E-state index is 0.178. The van der Waals surface area contributed by atoms with Crippen LogP contribution in [0.4, 0.5) is 5.82 Å². The quantitative estimate of drug-likeness (QED) is 0.410. The van der Waals surface area contributed by atoms with Crippen molar-refractivity contribution >= 4 is 22.5 Å². The van der Waals surface area contributed by atoms with Gasteiger partial charge in [0.25, 0.3) is 5.56 Å². The zero-order valence-corrected chi connectivity index (χ0v) is 16.6. The van der Waals surface area contributed by atoms with Gasteiger partial charge in [-0.2, -0.15) is 5.10 Å². The molecule has 152 valence electrons. The maximum Gasteiger partial charge on any atom is 0.259 e. The van der Waals surface area contributed by atoms with E-state index in [4.69, 9.17) is 5.73 Å². The molecule has 1 aromatic carbocycles. The number of anilines is 1. The normalized spacial score (nSPS) is 11.0. The van der Waals surface area contributed by atoms with Crippen molar-refractivity contribution in [2.75, 3.05) is 11.9 Å². The highest BCUT2D eigenvalue weighted by Gasteiger charge is 2.11. The molecule has 4 N–H and O–H groups in total. The lowest BCUT2D eigenvalue weighted by Crippen LogP contribution is -2.12. The van der Waals surface area contributed by atoms with Crippen molar-refractivity contribution in [1.29, 1.82) is 0 Å². The van der Waals surface area contributed by atoms with E-state index < -0.39 is 5.91 Å². The number of aromatic amines is 1. The molecule has 0 saturated carbocycles. The Morgan fingerprint density at radius 2 is 2.03 bits per heavy atom. The molecular formula is C22H22N6O2. The van der Waals surface area contributed by atoms with Crippen LogP contribution >= 0.6 is 0 Å². The summed E-state index contributed by atoms with van der Waals surface area (Å²) in [5, 5.41) is 8.87. The van der Waals surface area contributed by atoms with Gasteiger partial charge in [0.2, 0.25) is 5.91 Å². The lowest BCUT2D eigenvalue weighted by molar-refractivity contribution is 0.100. The number of H-pyrrole nitrogens is 1. The number of carbonyl (C=O) groups excluding carboxylic acids is 1. The number of primary amides is 1. The van der Waals surface area contributed by atoms with Crippen molar-refractivity contribution in [3.05, 3.63) is 76.5 Å². The molecular weight excluding hydrogens is 380 g/mol. The van der Waals surface area contributed by atoms with Gasteiger partial charge >= 0.3 is 0 Å². The first-order valence-corrected chi connectivity index (χ1v) is 9.65. The van der Waals surface area contributed by atoms with Gasteiger partial charge in [0.05, 0.1) is 17.3 Å². The van der Waals surface area contributed by atoms with Crippen LogP contribution in [0.5, 0.6) is 0 Å². The first-order valence-electron chi connectivity index (χ1n) is 9.65. The lowest BCUT2D eigenvalue weighted by Gasteiger charge is -2.10. The van der Waals surface area contributed by atoms with Gasteiger partial charge in [-0.1, -0.05) is 12.1 Å². The van der Waals surface area contributed by atoms with Gasteiger partial charge in [-0.25, -0.2) is 4.98 Å². The van der Waals surface area contributed by atoms with E-state index in [9.17, 15) is 9.59 Å². The Morgan fingerprint density at radius 3 is 2.73 bits per heavy atom. The standard InChI is InChI=1S/C22H22N6O2/c1-28-13-17(12-26-28)18-11-16-8-10-25-22(30)19(16)21(27-18)24-9-2-3-14-4-6-15(7-5-14)20(23)29/h4-8,10-13H,2-3,9H2,1H3,(H2,23,29)(H,24,27)(H,25,30). The fraction of sp³-hybridized carbons (Fsp3) is 0.182. The zero-order valence-electron chi connectivity index (χ0n) is 16.6. The number of amides is 1. The number of hydrogen-bond acceptors (Lipinski definition) is 5. The minimum Gasteiger partial charge on any atom is -0.369 e. The fourth-order valence-electron chi connectivity index (χ4n) is 3.38. The molecule has 3 aromatic heterocycles. The van der Waals surface area contributed by atoms with Crippen LogP contribution in [0.2, 0.25) is 0 Å². The van der Waals surface area contributed by atoms with Crippen LogP contribution in [0.25, 0.3) is 22.0 Å². The van der Waals surface area contributed by atoms with Gasteiger partial charge in [-0.15, -0.1) is 0 Å². The summed E-state index contributed by atoms with van der Waals surface area (Å²) >= 11 is 0. The SMILES string of the molecule is Cn1cc(-c2cc3cc[nH]c(=O)c3c(NCCCc3ccc(C(N)=O)cc3)n2)cn1.